The van der Waals surface area contributed by atoms with Gasteiger partial charge in [-0.25, -0.2) is 14.8 Å². The van der Waals surface area contributed by atoms with Crippen molar-refractivity contribution >= 4 is 39.9 Å². The third kappa shape index (κ3) is 5.99. The Balaban J connectivity index is 1.32. The van der Waals surface area contributed by atoms with Crippen LogP contribution in [0.1, 0.15) is 22.8 Å². The fraction of sp³-hybridized carbons (Fsp3) is 0.286. The summed E-state index contributed by atoms with van der Waals surface area (Å²) in [6, 6.07) is 14.6. The molecule has 1 aliphatic heterocycles. The number of aromatic carboxylic acids is 1. The van der Waals surface area contributed by atoms with Crippen molar-refractivity contribution in [2.45, 2.75) is 13.3 Å². The molecule has 0 saturated carbocycles. The first-order valence-corrected chi connectivity index (χ1v) is 12.8. The zero-order valence-corrected chi connectivity index (χ0v) is 21.3. The Hall–Kier alpha value is -4.28. The van der Waals surface area contributed by atoms with Crippen LogP contribution in [0.15, 0.2) is 65.7 Å². The smallest absolute Gasteiger partial charge is 0.335 e. The van der Waals surface area contributed by atoms with Crippen molar-refractivity contribution in [1.82, 2.24) is 24.8 Å². The lowest BCUT2D eigenvalue weighted by atomic mass is 10.1. The summed E-state index contributed by atoms with van der Waals surface area (Å²) in [4.78, 5) is 40.5. The summed E-state index contributed by atoms with van der Waals surface area (Å²) in [5, 5.41) is 16.7. The first-order chi connectivity index (χ1) is 18.5. The molecular formula is C28H31N7O3. The Kier molecular flexibility index (Phi) is 7.62. The molecule has 0 spiro atoms. The van der Waals surface area contributed by atoms with E-state index in [1.54, 1.807) is 18.3 Å². The number of aromatic amines is 1. The standard InChI is InChI=1S/C28H31N7O3/c1-2-34-13-15-35(16-14-34)12-9-19-3-5-22(6-4-19)31-26-25-20(7-11-30-27(25)36)17-24(33-26)32-23-18-21(28(37)38)8-10-29-23/h3-8,10-11,17-18H,2,9,12-16H2,1H3,(H,30,36)(H,37,38)(H2,29,31,32,33). The van der Waals surface area contributed by atoms with Crippen LogP contribution < -0.4 is 16.2 Å². The SMILES string of the molecule is CCN1CCN(CCc2ccc(Nc3nc(Nc4cc(C(=O)O)ccn4)cc4cc[nH]c(=O)c34)cc2)CC1. The number of pyridine rings is 3. The number of anilines is 4. The molecule has 0 atom stereocenters. The maximum Gasteiger partial charge on any atom is 0.335 e. The maximum absolute atomic E-state index is 12.7. The Morgan fingerprint density at radius 1 is 1.00 bits per heavy atom. The summed E-state index contributed by atoms with van der Waals surface area (Å²) in [7, 11) is 0. The number of benzene rings is 1. The second-order valence-electron chi connectivity index (χ2n) is 9.33. The number of hydrogen-bond donors (Lipinski definition) is 4. The van der Waals surface area contributed by atoms with Gasteiger partial charge < -0.3 is 30.5 Å². The van der Waals surface area contributed by atoms with E-state index in [0.29, 0.717) is 28.2 Å². The monoisotopic (exact) mass is 513 g/mol. The van der Waals surface area contributed by atoms with Gasteiger partial charge in [0.2, 0.25) is 0 Å². The van der Waals surface area contributed by atoms with Crippen molar-refractivity contribution in [3.05, 3.63) is 82.4 Å². The number of carboxylic acids is 1. The Morgan fingerprint density at radius 2 is 1.76 bits per heavy atom. The van der Waals surface area contributed by atoms with Crippen molar-refractivity contribution in [2.75, 3.05) is 49.9 Å². The number of likely N-dealkylation sites (N-methyl/N-ethyl adjacent to an activating group) is 1. The summed E-state index contributed by atoms with van der Waals surface area (Å²) in [6.07, 6.45) is 3.98. The molecule has 1 fully saturated rings. The number of aromatic nitrogens is 3. The minimum atomic E-state index is -1.04. The van der Waals surface area contributed by atoms with Gasteiger partial charge >= 0.3 is 5.97 Å². The van der Waals surface area contributed by atoms with Crippen molar-refractivity contribution in [1.29, 1.82) is 0 Å². The number of fused-ring (bicyclic) bond motifs is 1. The summed E-state index contributed by atoms with van der Waals surface area (Å²) >= 11 is 0. The molecule has 0 amide bonds. The van der Waals surface area contributed by atoms with Gasteiger partial charge in [-0.2, -0.15) is 0 Å². The average molecular weight is 514 g/mol. The Morgan fingerprint density at radius 3 is 2.50 bits per heavy atom. The molecule has 4 N–H and O–H groups in total. The van der Waals surface area contributed by atoms with E-state index in [9.17, 15) is 14.7 Å². The highest BCUT2D eigenvalue weighted by molar-refractivity contribution is 5.95. The molecular weight excluding hydrogens is 482 g/mol. The lowest BCUT2D eigenvalue weighted by Crippen LogP contribution is -2.46. The molecule has 38 heavy (non-hydrogen) atoms. The van der Waals surface area contributed by atoms with Gasteiger partial charge in [-0.05, 0) is 60.3 Å². The van der Waals surface area contributed by atoms with Gasteiger partial charge in [0.1, 0.15) is 17.5 Å². The van der Waals surface area contributed by atoms with E-state index < -0.39 is 5.97 Å². The second-order valence-corrected chi connectivity index (χ2v) is 9.33. The lowest BCUT2D eigenvalue weighted by molar-refractivity contribution is 0.0697. The lowest BCUT2D eigenvalue weighted by Gasteiger charge is -2.34. The minimum absolute atomic E-state index is 0.112. The minimum Gasteiger partial charge on any atom is -0.478 e. The van der Waals surface area contributed by atoms with Crippen LogP contribution in [0.2, 0.25) is 0 Å². The van der Waals surface area contributed by atoms with Crippen molar-refractivity contribution in [2.24, 2.45) is 0 Å². The first kappa shape index (κ1) is 25.4. The van der Waals surface area contributed by atoms with Crippen LogP contribution in [0.25, 0.3) is 10.8 Å². The van der Waals surface area contributed by atoms with Gasteiger partial charge in [0.05, 0.1) is 10.9 Å². The molecule has 0 bridgehead atoms. The number of nitrogens with one attached hydrogen (secondary N) is 3. The van der Waals surface area contributed by atoms with Crippen LogP contribution >= 0.6 is 0 Å². The normalized spacial score (nSPS) is 14.4. The highest BCUT2D eigenvalue weighted by Crippen LogP contribution is 2.26. The van der Waals surface area contributed by atoms with Gasteiger partial charge in [-0.15, -0.1) is 0 Å². The topological polar surface area (TPSA) is 126 Å². The predicted molar refractivity (Wildman–Crippen MR) is 149 cm³/mol. The first-order valence-electron chi connectivity index (χ1n) is 12.8. The van der Waals surface area contributed by atoms with Gasteiger partial charge in [-0.1, -0.05) is 19.1 Å². The molecule has 0 unspecified atom stereocenters. The number of piperazine rings is 1. The average Bonchev–Trinajstić information content (AvgIpc) is 2.93. The molecule has 0 radical (unpaired) electrons. The molecule has 10 heteroatoms. The van der Waals surface area contributed by atoms with Gasteiger partial charge in [0, 0.05) is 50.8 Å². The number of H-pyrrole nitrogens is 1. The van der Waals surface area contributed by atoms with E-state index in [2.05, 4.69) is 54.4 Å². The van der Waals surface area contributed by atoms with Crippen LogP contribution in [0.3, 0.4) is 0 Å². The van der Waals surface area contributed by atoms with E-state index in [-0.39, 0.29) is 11.1 Å². The van der Waals surface area contributed by atoms with Crippen LogP contribution in [0.4, 0.5) is 23.1 Å². The van der Waals surface area contributed by atoms with Crippen LogP contribution in [0.5, 0.6) is 0 Å². The van der Waals surface area contributed by atoms with E-state index in [0.717, 1.165) is 51.4 Å². The fourth-order valence-corrected chi connectivity index (χ4v) is 4.64. The van der Waals surface area contributed by atoms with E-state index >= 15 is 0 Å². The van der Waals surface area contributed by atoms with Gasteiger partial charge in [-0.3, -0.25) is 4.79 Å². The number of nitrogens with zero attached hydrogens (tertiary/aromatic N) is 4. The number of carboxylic acid groups (broad SMARTS) is 1. The van der Waals surface area contributed by atoms with Crippen molar-refractivity contribution < 1.29 is 9.90 Å². The zero-order valence-electron chi connectivity index (χ0n) is 21.3. The summed E-state index contributed by atoms with van der Waals surface area (Å²) < 4.78 is 0. The van der Waals surface area contributed by atoms with E-state index in [1.165, 1.54) is 23.9 Å². The van der Waals surface area contributed by atoms with E-state index in [4.69, 9.17) is 0 Å². The molecule has 196 valence electrons. The zero-order chi connectivity index (χ0) is 26.5. The molecule has 10 nitrogen and oxygen atoms in total. The number of hydrogen-bond acceptors (Lipinski definition) is 8. The van der Waals surface area contributed by atoms with E-state index in [1.807, 2.05) is 12.1 Å². The Bertz CT molecular complexity index is 1480. The third-order valence-electron chi connectivity index (χ3n) is 6.86. The fourth-order valence-electron chi connectivity index (χ4n) is 4.64. The third-order valence-corrected chi connectivity index (χ3v) is 6.86. The van der Waals surface area contributed by atoms with Crippen LogP contribution in [-0.4, -0.2) is 75.1 Å². The van der Waals surface area contributed by atoms with Crippen molar-refractivity contribution in [3.63, 3.8) is 0 Å². The van der Waals surface area contributed by atoms with Crippen LogP contribution in [0, 0.1) is 0 Å². The number of rotatable bonds is 9. The molecule has 1 saturated heterocycles. The molecule has 1 aliphatic rings. The molecule has 4 heterocycles. The largest absolute Gasteiger partial charge is 0.478 e. The molecule has 3 aromatic heterocycles. The molecule has 1 aromatic carbocycles. The quantitative estimate of drug-likeness (QED) is 0.265. The van der Waals surface area contributed by atoms with Crippen molar-refractivity contribution in [3.8, 4) is 0 Å². The van der Waals surface area contributed by atoms with Crippen LogP contribution in [-0.2, 0) is 6.42 Å². The molecule has 4 aromatic rings. The van der Waals surface area contributed by atoms with Gasteiger partial charge in [0.15, 0.2) is 0 Å². The summed E-state index contributed by atoms with van der Waals surface area (Å²) in [6.45, 7) is 8.86. The predicted octanol–water partition coefficient (Wildman–Crippen LogP) is 3.68. The number of carbonyl (C=O) groups is 1. The second kappa shape index (κ2) is 11.4. The Labute approximate surface area is 220 Å². The summed E-state index contributed by atoms with van der Waals surface area (Å²) in [5.41, 5.74) is 1.92. The maximum atomic E-state index is 12.7. The molecule has 0 aliphatic carbocycles. The van der Waals surface area contributed by atoms with Gasteiger partial charge in [0.25, 0.3) is 5.56 Å². The highest BCUT2D eigenvalue weighted by Gasteiger charge is 2.15. The molecule has 5 rings (SSSR count). The summed E-state index contributed by atoms with van der Waals surface area (Å²) in [5.74, 6) is 0.120. The highest BCUT2D eigenvalue weighted by atomic mass is 16.4.